The second kappa shape index (κ2) is 12.1. The summed E-state index contributed by atoms with van der Waals surface area (Å²) in [7, 11) is 0. The van der Waals surface area contributed by atoms with Gasteiger partial charge in [-0.3, -0.25) is 9.59 Å². The van der Waals surface area contributed by atoms with Crippen molar-refractivity contribution in [1.82, 2.24) is 10.2 Å². The number of nitrogens with one attached hydrogen (secondary N) is 1. The summed E-state index contributed by atoms with van der Waals surface area (Å²) < 4.78 is 5.82. The summed E-state index contributed by atoms with van der Waals surface area (Å²) in [6.07, 6.45) is 6.03. The summed E-state index contributed by atoms with van der Waals surface area (Å²) in [6.45, 7) is 6.19. The van der Waals surface area contributed by atoms with Crippen molar-refractivity contribution in [1.29, 1.82) is 0 Å². The molecule has 2 aromatic carbocycles. The molecule has 0 aromatic heterocycles. The largest absolute Gasteiger partial charge is 0.484 e. The van der Waals surface area contributed by atoms with Crippen LogP contribution in [0.5, 0.6) is 5.75 Å². The van der Waals surface area contributed by atoms with Crippen LogP contribution in [0, 0.1) is 13.8 Å². The minimum absolute atomic E-state index is 0.0853. The highest BCUT2D eigenvalue weighted by atomic mass is 35.5. The Morgan fingerprint density at radius 2 is 1.76 bits per heavy atom. The number of carbonyl (C=O) groups excluding carboxylic acids is 2. The molecule has 6 heteroatoms. The van der Waals surface area contributed by atoms with E-state index in [4.69, 9.17) is 16.3 Å². The van der Waals surface area contributed by atoms with Gasteiger partial charge in [0.25, 0.3) is 5.91 Å². The van der Waals surface area contributed by atoms with E-state index in [1.54, 1.807) is 17.0 Å². The maximum Gasteiger partial charge on any atom is 0.261 e. The lowest BCUT2D eigenvalue weighted by molar-refractivity contribution is -0.143. The van der Waals surface area contributed by atoms with Gasteiger partial charge in [0.05, 0.1) is 0 Å². The van der Waals surface area contributed by atoms with Gasteiger partial charge in [-0.2, -0.15) is 0 Å². The van der Waals surface area contributed by atoms with Crippen LogP contribution in [0.1, 0.15) is 62.1 Å². The number of rotatable bonds is 9. The molecule has 1 atom stereocenters. The highest BCUT2D eigenvalue weighted by Crippen LogP contribution is 2.20. The minimum Gasteiger partial charge on any atom is -0.484 e. The first-order chi connectivity index (χ1) is 15.9. The zero-order chi connectivity index (χ0) is 23.8. The Morgan fingerprint density at radius 1 is 1.06 bits per heavy atom. The molecule has 1 N–H and O–H groups in total. The van der Waals surface area contributed by atoms with Gasteiger partial charge < -0.3 is 15.0 Å². The maximum atomic E-state index is 13.3. The lowest BCUT2D eigenvalue weighted by Crippen LogP contribution is -2.52. The number of ether oxygens (including phenoxy) is 1. The summed E-state index contributed by atoms with van der Waals surface area (Å²) in [4.78, 5) is 28.2. The number of hydrogen-bond donors (Lipinski definition) is 1. The van der Waals surface area contributed by atoms with Crippen LogP contribution in [0.25, 0.3) is 0 Å². The van der Waals surface area contributed by atoms with Crippen molar-refractivity contribution in [2.45, 2.75) is 77.9 Å². The van der Waals surface area contributed by atoms with E-state index in [0.29, 0.717) is 23.7 Å². The average molecular weight is 471 g/mol. The third-order valence-corrected chi connectivity index (χ3v) is 6.70. The predicted octanol–water partition coefficient (Wildman–Crippen LogP) is 5.59. The molecule has 33 heavy (non-hydrogen) atoms. The Hall–Kier alpha value is -2.53. The molecule has 5 nitrogen and oxygen atoms in total. The van der Waals surface area contributed by atoms with Crippen LogP contribution in [0.15, 0.2) is 42.5 Å². The quantitative estimate of drug-likeness (QED) is 0.519. The van der Waals surface area contributed by atoms with Crippen LogP contribution >= 0.6 is 11.6 Å². The lowest BCUT2D eigenvalue weighted by Gasteiger charge is -2.32. The predicted molar refractivity (Wildman–Crippen MR) is 133 cm³/mol. The maximum absolute atomic E-state index is 13.3. The molecular formula is C27H35ClN2O3. The number of nitrogens with zero attached hydrogens (tertiary/aromatic N) is 1. The van der Waals surface area contributed by atoms with Crippen molar-refractivity contribution in [3.63, 3.8) is 0 Å². The summed E-state index contributed by atoms with van der Waals surface area (Å²) >= 11 is 6.04. The fourth-order valence-corrected chi connectivity index (χ4v) is 4.41. The van der Waals surface area contributed by atoms with Crippen LogP contribution in [0.3, 0.4) is 0 Å². The van der Waals surface area contributed by atoms with Crippen LogP contribution < -0.4 is 10.1 Å². The molecule has 0 radical (unpaired) electrons. The summed E-state index contributed by atoms with van der Waals surface area (Å²) in [5, 5.41) is 3.83. The Morgan fingerprint density at radius 3 is 2.39 bits per heavy atom. The van der Waals surface area contributed by atoms with E-state index in [-0.39, 0.29) is 24.5 Å². The second-order valence-corrected chi connectivity index (χ2v) is 9.39. The molecule has 0 heterocycles. The lowest BCUT2D eigenvalue weighted by atomic mass is 9.95. The van der Waals surface area contributed by atoms with Crippen molar-refractivity contribution < 1.29 is 14.3 Å². The molecule has 1 saturated carbocycles. The fraction of sp³-hybridized carbons (Fsp3) is 0.481. The highest BCUT2D eigenvalue weighted by Gasteiger charge is 2.30. The standard InChI is InChI=1S/C27H35ClN2O3/c1-4-25(27(32)29-23-8-6-5-7-9-23)30(17-21-11-13-22(28)14-12-21)26(31)18-33-24-15-10-19(2)20(3)16-24/h10-16,23,25H,4-9,17-18H2,1-3H3,(H,29,32)/t25-/m0/s1. The summed E-state index contributed by atoms with van der Waals surface area (Å²) in [6, 6.07) is 12.8. The molecule has 0 bridgehead atoms. The summed E-state index contributed by atoms with van der Waals surface area (Å²) in [5.74, 6) is 0.351. The first-order valence-corrected chi connectivity index (χ1v) is 12.3. The number of hydrogen-bond acceptors (Lipinski definition) is 3. The Bertz CT molecular complexity index is 939. The molecule has 0 spiro atoms. The molecule has 3 rings (SSSR count). The number of carbonyl (C=O) groups is 2. The highest BCUT2D eigenvalue weighted by molar-refractivity contribution is 6.30. The Balaban J connectivity index is 1.75. The number of halogens is 1. The van der Waals surface area contributed by atoms with Crippen molar-refractivity contribution in [3.05, 3.63) is 64.2 Å². The molecule has 178 valence electrons. The van der Waals surface area contributed by atoms with Gasteiger partial charge >= 0.3 is 0 Å². The molecule has 2 aromatic rings. The average Bonchev–Trinajstić information content (AvgIpc) is 2.81. The summed E-state index contributed by atoms with van der Waals surface area (Å²) in [5.41, 5.74) is 3.20. The van der Waals surface area contributed by atoms with Crippen LogP contribution in [-0.4, -0.2) is 35.4 Å². The van der Waals surface area contributed by atoms with Gasteiger partial charge in [-0.1, -0.05) is 56.0 Å². The smallest absolute Gasteiger partial charge is 0.261 e. The van der Waals surface area contributed by atoms with Crippen molar-refractivity contribution in [2.24, 2.45) is 0 Å². The van der Waals surface area contributed by atoms with Gasteiger partial charge in [-0.15, -0.1) is 0 Å². The first kappa shape index (κ1) is 25.1. The zero-order valence-corrected chi connectivity index (χ0v) is 20.7. The van der Waals surface area contributed by atoms with E-state index in [9.17, 15) is 9.59 Å². The van der Waals surface area contributed by atoms with E-state index >= 15 is 0 Å². The van der Waals surface area contributed by atoms with E-state index in [1.165, 1.54) is 12.0 Å². The number of aryl methyl sites for hydroxylation is 2. The first-order valence-electron chi connectivity index (χ1n) is 11.9. The van der Waals surface area contributed by atoms with Crippen LogP contribution in [0.2, 0.25) is 5.02 Å². The van der Waals surface area contributed by atoms with Crippen molar-refractivity contribution >= 4 is 23.4 Å². The van der Waals surface area contributed by atoms with E-state index < -0.39 is 6.04 Å². The Labute approximate surface area is 202 Å². The second-order valence-electron chi connectivity index (χ2n) is 8.95. The van der Waals surface area contributed by atoms with Gasteiger partial charge in [0, 0.05) is 17.6 Å². The zero-order valence-electron chi connectivity index (χ0n) is 19.9. The van der Waals surface area contributed by atoms with Crippen molar-refractivity contribution in [3.8, 4) is 5.75 Å². The molecular weight excluding hydrogens is 436 g/mol. The fourth-order valence-electron chi connectivity index (χ4n) is 4.28. The van der Waals surface area contributed by atoms with Gasteiger partial charge in [0.15, 0.2) is 6.61 Å². The minimum atomic E-state index is -0.557. The normalized spacial score (nSPS) is 15.0. The molecule has 1 fully saturated rings. The third-order valence-electron chi connectivity index (χ3n) is 6.44. The van der Waals surface area contributed by atoms with E-state index in [0.717, 1.165) is 36.8 Å². The van der Waals surface area contributed by atoms with Gasteiger partial charge in [-0.05, 0) is 74.1 Å². The van der Waals surface area contributed by atoms with Gasteiger partial charge in [-0.25, -0.2) is 0 Å². The van der Waals surface area contributed by atoms with Crippen LogP contribution in [0.4, 0.5) is 0 Å². The SMILES string of the molecule is CC[C@@H](C(=O)NC1CCCCC1)N(Cc1ccc(Cl)cc1)C(=O)COc1ccc(C)c(C)c1. The van der Waals surface area contributed by atoms with Crippen molar-refractivity contribution in [2.75, 3.05) is 6.61 Å². The molecule has 0 unspecified atom stereocenters. The molecule has 0 aliphatic heterocycles. The van der Waals surface area contributed by atoms with E-state index in [2.05, 4.69) is 5.32 Å². The Kier molecular flexibility index (Phi) is 9.19. The number of amides is 2. The van der Waals surface area contributed by atoms with Gasteiger partial charge in [0.2, 0.25) is 5.91 Å². The van der Waals surface area contributed by atoms with Gasteiger partial charge in [0.1, 0.15) is 11.8 Å². The molecule has 2 amide bonds. The monoisotopic (exact) mass is 470 g/mol. The molecule has 1 aliphatic rings. The molecule has 0 saturated heterocycles. The molecule has 1 aliphatic carbocycles. The third kappa shape index (κ3) is 7.23. The topological polar surface area (TPSA) is 58.6 Å². The van der Waals surface area contributed by atoms with E-state index in [1.807, 2.05) is 51.1 Å². The van der Waals surface area contributed by atoms with Crippen LogP contribution in [-0.2, 0) is 16.1 Å². The number of benzene rings is 2.